The maximum Gasteiger partial charge on any atom is 0.422 e. The van der Waals surface area contributed by atoms with Crippen LogP contribution in [-0.2, 0) is 6.18 Å². The van der Waals surface area contributed by atoms with Gasteiger partial charge in [0.15, 0.2) is 0 Å². The van der Waals surface area contributed by atoms with E-state index in [0.29, 0.717) is 17.7 Å². The van der Waals surface area contributed by atoms with Crippen molar-refractivity contribution in [3.63, 3.8) is 0 Å². The lowest BCUT2D eigenvalue weighted by Gasteiger charge is -2.09. The van der Waals surface area contributed by atoms with Gasteiger partial charge in [0.05, 0.1) is 11.9 Å². The van der Waals surface area contributed by atoms with E-state index in [1.165, 1.54) is 0 Å². The summed E-state index contributed by atoms with van der Waals surface area (Å²) in [5, 5.41) is 12.8. The van der Waals surface area contributed by atoms with Gasteiger partial charge < -0.3 is 0 Å². The molecular formula is C19H10F5N5O. The number of anilines is 1. The van der Waals surface area contributed by atoms with Crippen LogP contribution in [0.1, 0.15) is 16.7 Å². The molecule has 0 spiro atoms. The van der Waals surface area contributed by atoms with Crippen molar-refractivity contribution in [1.82, 2.24) is 9.97 Å². The van der Waals surface area contributed by atoms with E-state index in [9.17, 15) is 32.0 Å². The average Bonchev–Trinajstić information content (AvgIpc) is 2.66. The van der Waals surface area contributed by atoms with Crippen LogP contribution in [0.25, 0.3) is 11.3 Å². The highest BCUT2D eigenvalue weighted by Crippen LogP contribution is 2.33. The molecule has 30 heavy (non-hydrogen) atoms. The van der Waals surface area contributed by atoms with Gasteiger partial charge in [0.25, 0.3) is 5.56 Å². The second-order valence-corrected chi connectivity index (χ2v) is 5.84. The van der Waals surface area contributed by atoms with Crippen LogP contribution >= 0.6 is 0 Å². The summed E-state index contributed by atoms with van der Waals surface area (Å²) in [5.41, 5.74) is -0.425. The van der Waals surface area contributed by atoms with E-state index >= 15 is 0 Å². The van der Waals surface area contributed by atoms with E-state index in [2.05, 4.69) is 20.5 Å². The number of rotatable bonds is 4. The fraction of sp³-hybridized carbons (Fsp3) is 0.0526. The van der Waals surface area contributed by atoms with Gasteiger partial charge in [0.2, 0.25) is 5.95 Å². The SMILES string of the molecule is N#Cc1c(-c2ccccc2)nc(NN=Cc2cc(F)c(C(F)(F)F)c(F)c2)[nH]c1=O. The highest BCUT2D eigenvalue weighted by molar-refractivity contribution is 5.80. The lowest BCUT2D eigenvalue weighted by Crippen LogP contribution is -2.16. The molecule has 11 heteroatoms. The summed E-state index contributed by atoms with van der Waals surface area (Å²) < 4.78 is 65.0. The first-order valence-electron chi connectivity index (χ1n) is 8.16. The minimum atomic E-state index is -5.18. The molecule has 152 valence electrons. The van der Waals surface area contributed by atoms with Crippen molar-refractivity contribution in [2.75, 3.05) is 5.43 Å². The normalized spacial score (nSPS) is 11.5. The third kappa shape index (κ3) is 4.33. The predicted octanol–water partition coefficient (Wildman–Crippen LogP) is 4.05. The lowest BCUT2D eigenvalue weighted by molar-refractivity contribution is -0.142. The van der Waals surface area contributed by atoms with Gasteiger partial charge in [-0.25, -0.2) is 19.2 Å². The van der Waals surface area contributed by atoms with Gasteiger partial charge in [-0.15, -0.1) is 0 Å². The number of alkyl halides is 3. The molecule has 0 atom stereocenters. The standard InChI is InChI=1S/C19H10F5N5O/c20-13-6-10(7-14(21)15(13)19(22,23)24)9-26-29-18-27-16(11-4-2-1-3-5-11)12(8-25)17(30)28-18/h1-7,9H,(H2,27,28,29,30). The average molecular weight is 419 g/mol. The Kier molecular flexibility index (Phi) is 5.59. The number of hydrogen-bond acceptors (Lipinski definition) is 5. The molecule has 3 rings (SSSR count). The summed E-state index contributed by atoms with van der Waals surface area (Å²) >= 11 is 0. The molecular weight excluding hydrogens is 409 g/mol. The van der Waals surface area contributed by atoms with E-state index < -0.39 is 28.9 Å². The summed E-state index contributed by atoms with van der Waals surface area (Å²) in [6, 6.07) is 11.0. The summed E-state index contributed by atoms with van der Waals surface area (Å²) in [6.07, 6.45) is -4.34. The topological polar surface area (TPSA) is 93.9 Å². The number of aromatic nitrogens is 2. The Bertz CT molecular complexity index is 1190. The van der Waals surface area contributed by atoms with Crippen LogP contribution in [0, 0.1) is 23.0 Å². The number of nitriles is 1. The largest absolute Gasteiger partial charge is 0.422 e. The molecule has 3 aromatic rings. The fourth-order valence-corrected chi connectivity index (χ4v) is 2.54. The molecule has 0 amide bonds. The van der Waals surface area contributed by atoms with Gasteiger partial charge in [0, 0.05) is 11.1 Å². The predicted molar refractivity (Wildman–Crippen MR) is 97.6 cm³/mol. The summed E-state index contributed by atoms with van der Waals surface area (Å²) in [6.45, 7) is 0. The summed E-state index contributed by atoms with van der Waals surface area (Å²) in [4.78, 5) is 18.5. The molecule has 0 unspecified atom stereocenters. The fourth-order valence-electron chi connectivity index (χ4n) is 2.54. The lowest BCUT2D eigenvalue weighted by atomic mass is 10.1. The molecule has 2 N–H and O–H groups in total. The van der Waals surface area contributed by atoms with Crippen molar-refractivity contribution in [1.29, 1.82) is 5.26 Å². The molecule has 1 heterocycles. The number of nitrogens with one attached hydrogen (secondary N) is 2. The Balaban J connectivity index is 1.90. The highest BCUT2D eigenvalue weighted by atomic mass is 19.4. The van der Waals surface area contributed by atoms with Crippen LogP contribution in [0.4, 0.5) is 27.9 Å². The molecule has 0 radical (unpaired) electrons. The van der Waals surface area contributed by atoms with Gasteiger partial charge >= 0.3 is 6.18 Å². The Labute approximate surface area is 165 Å². The first-order chi connectivity index (χ1) is 14.2. The number of halogens is 5. The minimum absolute atomic E-state index is 0.0752. The Morgan fingerprint density at radius 3 is 2.33 bits per heavy atom. The Morgan fingerprint density at radius 2 is 1.77 bits per heavy atom. The van der Waals surface area contributed by atoms with E-state index in [1.54, 1.807) is 36.4 Å². The highest BCUT2D eigenvalue weighted by Gasteiger charge is 2.37. The molecule has 0 fully saturated rings. The van der Waals surface area contributed by atoms with Gasteiger partial charge in [0.1, 0.15) is 28.8 Å². The van der Waals surface area contributed by atoms with Crippen molar-refractivity contribution < 1.29 is 22.0 Å². The van der Waals surface area contributed by atoms with Gasteiger partial charge in [-0.1, -0.05) is 30.3 Å². The van der Waals surface area contributed by atoms with Crippen molar-refractivity contribution in [2.24, 2.45) is 5.10 Å². The maximum absolute atomic E-state index is 13.6. The molecule has 0 aliphatic heterocycles. The van der Waals surface area contributed by atoms with Crippen LogP contribution < -0.4 is 11.0 Å². The number of hydrazone groups is 1. The molecule has 0 bridgehead atoms. The molecule has 2 aromatic carbocycles. The zero-order valence-electron chi connectivity index (χ0n) is 14.8. The van der Waals surface area contributed by atoms with Crippen LogP contribution in [0.5, 0.6) is 0 Å². The van der Waals surface area contributed by atoms with E-state index in [1.807, 2.05) is 0 Å². The first-order valence-corrected chi connectivity index (χ1v) is 8.16. The van der Waals surface area contributed by atoms with Crippen molar-refractivity contribution in [3.05, 3.63) is 81.1 Å². The maximum atomic E-state index is 13.6. The van der Waals surface area contributed by atoms with Crippen molar-refractivity contribution in [2.45, 2.75) is 6.18 Å². The summed E-state index contributed by atoms with van der Waals surface area (Å²) in [5.74, 6) is -3.78. The Hall–Kier alpha value is -4.07. The molecule has 0 aliphatic rings. The van der Waals surface area contributed by atoms with Crippen LogP contribution in [0.3, 0.4) is 0 Å². The minimum Gasteiger partial charge on any atom is -0.290 e. The monoisotopic (exact) mass is 419 g/mol. The zero-order valence-corrected chi connectivity index (χ0v) is 14.8. The number of benzene rings is 2. The molecule has 0 saturated heterocycles. The Morgan fingerprint density at radius 1 is 1.13 bits per heavy atom. The van der Waals surface area contributed by atoms with Crippen LogP contribution in [0.2, 0.25) is 0 Å². The molecule has 0 aliphatic carbocycles. The molecule has 1 aromatic heterocycles. The number of hydrogen-bond donors (Lipinski definition) is 2. The van der Waals surface area contributed by atoms with Gasteiger partial charge in [-0.05, 0) is 12.1 Å². The zero-order chi connectivity index (χ0) is 21.9. The summed E-state index contributed by atoms with van der Waals surface area (Å²) in [7, 11) is 0. The molecule has 0 saturated carbocycles. The van der Waals surface area contributed by atoms with Crippen molar-refractivity contribution >= 4 is 12.2 Å². The van der Waals surface area contributed by atoms with E-state index in [0.717, 1.165) is 6.21 Å². The second-order valence-electron chi connectivity index (χ2n) is 5.84. The van der Waals surface area contributed by atoms with E-state index in [-0.39, 0.29) is 22.8 Å². The third-order valence-electron chi connectivity index (χ3n) is 3.81. The smallest absolute Gasteiger partial charge is 0.290 e. The van der Waals surface area contributed by atoms with Crippen LogP contribution in [0.15, 0.2) is 52.4 Å². The second kappa shape index (κ2) is 8.12. The number of aromatic amines is 1. The van der Waals surface area contributed by atoms with Crippen LogP contribution in [-0.4, -0.2) is 16.2 Å². The first kappa shape index (κ1) is 20.7. The quantitative estimate of drug-likeness (QED) is 0.379. The third-order valence-corrected chi connectivity index (χ3v) is 3.81. The number of H-pyrrole nitrogens is 1. The number of nitrogens with zero attached hydrogens (tertiary/aromatic N) is 3. The molecule has 6 nitrogen and oxygen atoms in total. The van der Waals surface area contributed by atoms with E-state index in [4.69, 9.17) is 0 Å². The van der Waals surface area contributed by atoms with Gasteiger partial charge in [-0.2, -0.15) is 23.5 Å². The van der Waals surface area contributed by atoms with Crippen molar-refractivity contribution in [3.8, 4) is 17.3 Å². The van der Waals surface area contributed by atoms with Gasteiger partial charge in [-0.3, -0.25) is 9.78 Å².